The van der Waals surface area contributed by atoms with E-state index in [1.807, 2.05) is 54.6 Å². The molecule has 0 unspecified atom stereocenters. The summed E-state index contributed by atoms with van der Waals surface area (Å²) in [4.78, 5) is 13.3. The first-order valence-corrected chi connectivity index (χ1v) is 10.4. The number of halogens is 2. The van der Waals surface area contributed by atoms with Crippen LogP contribution in [0.3, 0.4) is 0 Å². The molecule has 144 valence electrons. The molecular formula is C23H16BrClN2O2. The molecule has 0 N–H and O–H groups in total. The van der Waals surface area contributed by atoms with Crippen LogP contribution in [0.15, 0.2) is 82.4 Å². The van der Waals surface area contributed by atoms with Gasteiger partial charge in [0.15, 0.2) is 0 Å². The number of nitrogens with zero attached hydrogens (tertiary/aromatic N) is 2. The van der Waals surface area contributed by atoms with Gasteiger partial charge in [-0.05, 0) is 35.9 Å². The maximum Gasteiger partial charge on any atom is 0.251 e. The smallest absolute Gasteiger partial charge is 0.251 e. The molecule has 2 aliphatic heterocycles. The number of ether oxygens (including phenoxy) is 1. The van der Waals surface area contributed by atoms with Gasteiger partial charge >= 0.3 is 0 Å². The lowest BCUT2D eigenvalue weighted by Crippen LogP contribution is -2.45. The summed E-state index contributed by atoms with van der Waals surface area (Å²) >= 11 is 9.66. The zero-order chi connectivity index (χ0) is 20.0. The third-order valence-corrected chi connectivity index (χ3v) is 5.98. The van der Waals surface area contributed by atoms with E-state index in [4.69, 9.17) is 21.4 Å². The number of rotatable bonds is 3. The number of hydrogen-bond donors (Lipinski definition) is 0. The largest absolute Gasteiger partial charge is 0.461 e. The van der Waals surface area contributed by atoms with Crippen LogP contribution in [-0.4, -0.2) is 22.7 Å². The van der Waals surface area contributed by atoms with Gasteiger partial charge in [0.05, 0.1) is 11.8 Å². The number of hydrazone groups is 1. The summed E-state index contributed by atoms with van der Waals surface area (Å²) < 4.78 is 7.05. The van der Waals surface area contributed by atoms with Crippen molar-refractivity contribution in [3.8, 4) is 5.75 Å². The van der Waals surface area contributed by atoms with E-state index in [2.05, 4.69) is 15.9 Å². The molecule has 6 heteroatoms. The zero-order valence-electron chi connectivity index (χ0n) is 15.3. The number of carbonyl (C=O) groups is 1. The number of ketones is 1. The fraction of sp³-hybridized carbons (Fsp3) is 0.130. The van der Waals surface area contributed by atoms with Crippen LogP contribution in [0.4, 0.5) is 0 Å². The molecule has 0 radical (unpaired) electrons. The zero-order valence-corrected chi connectivity index (χ0v) is 17.6. The molecule has 4 nitrogen and oxygen atoms in total. The number of benzene rings is 3. The molecule has 0 fully saturated rings. The predicted octanol–water partition coefficient (Wildman–Crippen LogP) is 5.86. The van der Waals surface area contributed by atoms with Crippen LogP contribution < -0.4 is 4.74 Å². The minimum atomic E-state index is -0.823. The Labute approximate surface area is 181 Å². The highest BCUT2D eigenvalue weighted by Crippen LogP contribution is 2.44. The highest BCUT2D eigenvalue weighted by Gasteiger charge is 2.43. The molecule has 0 spiro atoms. The van der Waals surface area contributed by atoms with Crippen molar-refractivity contribution in [3.05, 3.63) is 99.0 Å². The Morgan fingerprint density at radius 1 is 1.07 bits per heavy atom. The van der Waals surface area contributed by atoms with E-state index < -0.39 is 6.23 Å². The third kappa shape index (κ3) is 3.34. The van der Waals surface area contributed by atoms with Gasteiger partial charge in [-0.2, -0.15) is 5.10 Å². The average molecular weight is 468 g/mol. The van der Waals surface area contributed by atoms with Crippen LogP contribution in [0.2, 0.25) is 5.02 Å². The van der Waals surface area contributed by atoms with Gasteiger partial charge in [0.2, 0.25) is 5.78 Å². The van der Waals surface area contributed by atoms with Crippen LogP contribution in [0.5, 0.6) is 5.75 Å². The number of carbonyl (C=O) groups excluding carboxylic acids is 1. The van der Waals surface area contributed by atoms with Crippen molar-refractivity contribution in [2.45, 2.75) is 18.7 Å². The third-order valence-electron chi connectivity index (χ3n) is 5.21. The second-order valence-corrected chi connectivity index (χ2v) is 8.39. The van der Waals surface area contributed by atoms with Crippen LogP contribution in [0.25, 0.3) is 0 Å². The molecule has 29 heavy (non-hydrogen) atoms. The maximum atomic E-state index is 13.3. The van der Waals surface area contributed by atoms with Crippen molar-refractivity contribution in [2.24, 2.45) is 5.10 Å². The van der Waals surface area contributed by atoms with E-state index >= 15 is 0 Å². The summed E-state index contributed by atoms with van der Waals surface area (Å²) in [6.07, 6.45) is -0.138. The summed E-state index contributed by atoms with van der Waals surface area (Å²) in [5.41, 5.74) is 3.51. The first-order valence-electron chi connectivity index (χ1n) is 9.27. The molecule has 5 rings (SSSR count). The van der Waals surface area contributed by atoms with Gasteiger partial charge in [-0.15, -0.1) is 0 Å². The summed E-state index contributed by atoms with van der Waals surface area (Å²) in [5, 5.41) is 7.23. The summed E-state index contributed by atoms with van der Waals surface area (Å²) in [5.74, 6) is 0.553. The lowest BCUT2D eigenvalue weighted by Gasteiger charge is -2.37. The highest BCUT2D eigenvalue weighted by molar-refractivity contribution is 9.10. The molecular weight excluding hydrogens is 452 g/mol. The van der Waals surface area contributed by atoms with Crippen molar-refractivity contribution < 1.29 is 9.53 Å². The lowest BCUT2D eigenvalue weighted by atomic mass is 9.96. The van der Waals surface area contributed by atoms with Gasteiger partial charge in [0.1, 0.15) is 5.75 Å². The van der Waals surface area contributed by atoms with Crippen LogP contribution in [0.1, 0.15) is 33.9 Å². The molecule has 3 aromatic rings. The van der Waals surface area contributed by atoms with E-state index in [0.29, 0.717) is 22.8 Å². The number of Topliss-reactive ketones (excluding diaryl/α,β-unsaturated/α-hetero) is 1. The Hall–Kier alpha value is -2.63. The van der Waals surface area contributed by atoms with Crippen molar-refractivity contribution >= 4 is 39.0 Å². The van der Waals surface area contributed by atoms with Crippen LogP contribution in [-0.2, 0) is 0 Å². The Balaban J connectivity index is 1.57. The molecule has 2 aliphatic rings. The molecule has 0 amide bonds. The normalized spacial score (nSPS) is 19.8. The van der Waals surface area contributed by atoms with Gasteiger partial charge in [0, 0.05) is 27.0 Å². The molecule has 0 aliphatic carbocycles. The topological polar surface area (TPSA) is 41.9 Å². The minimum absolute atomic E-state index is 0.0999. The predicted molar refractivity (Wildman–Crippen MR) is 117 cm³/mol. The monoisotopic (exact) mass is 466 g/mol. The fourth-order valence-electron chi connectivity index (χ4n) is 3.79. The quantitative estimate of drug-likeness (QED) is 0.453. The highest BCUT2D eigenvalue weighted by atomic mass is 79.9. The van der Waals surface area contributed by atoms with Crippen LogP contribution in [0, 0.1) is 0 Å². The summed E-state index contributed by atoms with van der Waals surface area (Å²) in [7, 11) is 0. The van der Waals surface area contributed by atoms with Gasteiger partial charge in [0.25, 0.3) is 6.23 Å². The second kappa shape index (κ2) is 7.32. The van der Waals surface area contributed by atoms with Crippen molar-refractivity contribution in [1.29, 1.82) is 0 Å². The maximum absolute atomic E-state index is 13.3. The lowest BCUT2D eigenvalue weighted by molar-refractivity contribution is -0.00455. The van der Waals surface area contributed by atoms with E-state index in [1.165, 1.54) is 0 Å². The Morgan fingerprint density at radius 3 is 2.59 bits per heavy atom. The van der Waals surface area contributed by atoms with Crippen LogP contribution >= 0.6 is 27.5 Å². The average Bonchev–Trinajstić information content (AvgIpc) is 3.20. The molecule has 3 aromatic carbocycles. The summed E-state index contributed by atoms with van der Waals surface area (Å²) in [6.45, 7) is 0. The van der Waals surface area contributed by atoms with Gasteiger partial charge in [-0.3, -0.25) is 4.79 Å². The minimum Gasteiger partial charge on any atom is -0.461 e. The summed E-state index contributed by atoms with van der Waals surface area (Å²) in [6, 6.07) is 22.7. The molecule has 2 heterocycles. The molecule has 0 saturated carbocycles. The van der Waals surface area contributed by atoms with E-state index in [9.17, 15) is 4.79 Å². The molecule has 0 bridgehead atoms. The van der Waals surface area contributed by atoms with E-state index in [1.54, 1.807) is 23.2 Å². The van der Waals surface area contributed by atoms with Gasteiger partial charge in [-0.1, -0.05) is 70.0 Å². The Kier molecular flexibility index (Phi) is 4.64. The van der Waals surface area contributed by atoms with E-state index in [0.717, 1.165) is 21.3 Å². The number of hydrogen-bond acceptors (Lipinski definition) is 4. The molecule has 2 atom stereocenters. The Morgan fingerprint density at radius 2 is 1.83 bits per heavy atom. The second-order valence-electron chi connectivity index (χ2n) is 7.04. The van der Waals surface area contributed by atoms with Gasteiger partial charge in [-0.25, -0.2) is 5.01 Å². The first-order chi connectivity index (χ1) is 14.1. The standard InChI is InChI=1S/C23H16BrClN2O2/c24-16-8-6-15(7-9-16)22(28)23-27-20(18-12-17(25)10-11-21(18)29-23)13-19(26-27)14-4-2-1-3-5-14/h1-12,20,23H,13H2/t20-,23-/m1/s1. The van der Waals surface area contributed by atoms with Crippen molar-refractivity contribution in [1.82, 2.24) is 5.01 Å². The van der Waals surface area contributed by atoms with Crippen molar-refractivity contribution in [2.75, 3.05) is 0 Å². The first kappa shape index (κ1) is 18.4. The Bertz CT molecular complexity index is 1120. The molecule has 0 aromatic heterocycles. The number of fused-ring (bicyclic) bond motifs is 3. The van der Waals surface area contributed by atoms with Crippen molar-refractivity contribution in [3.63, 3.8) is 0 Å². The fourth-order valence-corrected chi connectivity index (χ4v) is 4.24. The van der Waals surface area contributed by atoms with E-state index in [-0.39, 0.29) is 11.8 Å². The van der Waals surface area contributed by atoms with Gasteiger partial charge < -0.3 is 4.74 Å². The molecule has 0 saturated heterocycles. The SMILES string of the molecule is O=C(c1ccc(Br)cc1)[C@H]1Oc2ccc(Cl)cc2[C@H]2CC(c3ccccc3)=NN12.